The van der Waals surface area contributed by atoms with Crippen molar-refractivity contribution in [3.63, 3.8) is 0 Å². The molecule has 0 saturated heterocycles. The Morgan fingerprint density at radius 3 is 2.10 bits per heavy atom. The molecule has 21 heavy (non-hydrogen) atoms. The number of hydrogen-bond donors (Lipinski definition) is 0. The first-order chi connectivity index (χ1) is 10.2. The van der Waals surface area contributed by atoms with Crippen molar-refractivity contribution >= 4 is 17.3 Å². The third kappa shape index (κ3) is 3.89. The van der Waals surface area contributed by atoms with Crippen molar-refractivity contribution in [3.8, 4) is 12.1 Å². The monoisotopic (exact) mass is 294 g/mol. The van der Waals surface area contributed by atoms with Gasteiger partial charge in [-0.2, -0.15) is 20.8 Å². The number of nitrogens with zero attached hydrogens (tertiary/aromatic N) is 4. The van der Waals surface area contributed by atoms with Gasteiger partial charge in [0.25, 0.3) is 0 Å². The number of azo groups is 1. The largest absolute Gasteiger partial charge is 0.197 e. The molecule has 0 bridgehead atoms. The van der Waals surface area contributed by atoms with Crippen LogP contribution in [0.15, 0.2) is 64.8 Å². The average molecular weight is 295 g/mol. The molecule has 2 aromatic carbocycles. The average Bonchev–Trinajstić information content (AvgIpc) is 2.53. The Labute approximate surface area is 127 Å². The molecule has 5 heteroatoms. The summed E-state index contributed by atoms with van der Waals surface area (Å²) in [5.74, 6) is -0.904. The van der Waals surface area contributed by atoms with E-state index in [0.717, 1.165) is 5.56 Å². The predicted molar refractivity (Wildman–Crippen MR) is 79.9 cm³/mol. The first-order valence-electron chi connectivity index (χ1n) is 6.25. The van der Waals surface area contributed by atoms with Crippen LogP contribution in [0.3, 0.4) is 0 Å². The first-order valence-corrected chi connectivity index (χ1v) is 6.63. The molecule has 0 aliphatic carbocycles. The Hall–Kier alpha value is -2.69. The molecule has 0 spiro atoms. The maximum absolute atomic E-state index is 9.11. The van der Waals surface area contributed by atoms with Crippen LogP contribution in [0.2, 0.25) is 5.02 Å². The molecular weight excluding hydrogens is 284 g/mol. The summed E-state index contributed by atoms with van der Waals surface area (Å²) in [6, 6.07) is 19.3. The topological polar surface area (TPSA) is 72.3 Å². The van der Waals surface area contributed by atoms with Crippen molar-refractivity contribution in [1.82, 2.24) is 0 Å². The Morgan fingerprint density at radius 1 is 0.905 bits per heavy atom. The third-order valence-electron chi connectivity index (χ3n) is 2.86. The molecule has 0 heterocycles. The Morgan fingerprint density at radius 2 is 1.52 bits per heavy atom. The second-order valence-corrected chi connectivity index (χ2v) is 4.72. The van der Waals surface area contributed by atoms with E-state index in [1.807, 2.05) is 30.3 Å². The fraction of sp³-hybridized carbons (Fsp3) is 0.125. The SMILES string of the molecule is N#CC(C#N)C(N=Nc1ccccc1)c1ccc(Cl)cc1. The molecule has 0 saturated carbocycles. The van der Waals surface area contributed by atoms with Crippen LogP contribution < -0.4 is 0 Å². The minimum absolute atomic E-state index is 0.586. The van der Waals surface area contributed by atoms with E-state index in [9.17, 15) is 0 Å². The molecule has 0 N–H and O–H groups in total. The molecule has 0 amide bonds. The molecule has 2 rings (SSSR count). The molecule has 1 atom stereocenters. The summed E-state index contributed by atoms with van der Waals surface area (Å²) in [4.78, 5) is 0. The zero-order valence-corrected chi connectivity index (χ0v) is 11.8. The third-order valence-corrected chi connectivity index (χ3v) is 3.11. The molecule has 0 aliphatic rings. The fourth-order valence-corrected chi connectivity index (χ4v) is 1.91. The summed E-state index contributed by atoms with van der Waals surface area (Å²) in [6.07, 6.45) is 0. The van der Waals surface area contributed by atoms with Gasteiger partial charge in [0.05, 0.1) is 17.8 Å². The lowest BCUT2D eigenvalue weighted by Gasteiger charge is -2.11. The van der Waals surface area contributed by atoms with Crippen molar-refractivity contribution in [2.45, 2.75) is 6.04 Å². The molecule has 2 aromatic rings. The molecule has 1 unspecified atom stereocenters. The highest BCUT2D eigenvalue weighted by Gasteiger charge is 2.22. The van der Waals surface area contributed by atoms with Gasteiger partial charge in [-0.3, -0.25) is 0 Å². The number of rotatable bonds is 4. The summed E-state index contributed by atoms with van der Waals surface area (Å²) < 4.78 is 0. The van der Waals surface area contributed by atoms with Gasteiger partial charge in [-0.1, -0.05) is 41.9 Å². The van der Waals surface area contributed by atoms with E-state index < -0.39 is 12.0 Å². The first kappa shape index (κ1) is 14.7. The van der Waals surface area contributed by atoms with E-state index in [1.54, 1.807) is 36.4 Å². The van der Waals surface area contributed by atoms with Crippen molar-refractivity contribution in [1.29, 1.82) is 10.5 Å². The van der Waals surface area contributed by atoms with Crippen LogP contribution in [0.1, 0.15) is 11.6 Å². The van der Waals surface area contributed by atoms with E-state index >= 15 is 0 Å². The van der Waals surface area contributed by atoms with Gasteiger partial charge < -0.3 is 0 Å². The van der Waals surface area contributed by atoms with Crippen LogP contribution in [0.25, 0.3) is 0 Å². The van der Waals surface area contributed by atoms with Crippen LogP contribution in [0.5, 0.6) is 0 Å². The van der Waals surface area contributed by atoms with Crippen LogP contribution in [-0.4, -0.2) is 0 Å². The summed E-state index contributed by atoms with van der Waals surface area (Å²) in [5, 5.41) is 27.1. The number of benzene rings is 2. The molecular formula is C16H11ClN4. The zero-order chi connectivity index (χ0) is 15.1. The summed E-state index contributed by atoms with van der Waals surface area (Å²) in [5.41, 5.74) is 1.40. The van der Waals surface area contributed by atoms with E-state index in [-0.39, 0.29) is 0 Å². The summed E-state index contributed by atoms with van der Waals surface area (Å²) in [6.45, 7) is 0. The van der Waals surface area contributed by atoms with Gasteiger partial charge in [-0.25, -0.2) is 0 Å². The van der Waals surface area contributed by atoms with Gasteiger partial charge in [0.2, 0.25) is 0 Å². The second kappa shape index (κ2) is 7.19. The molecule has 0 fully saturated rings. The van der Waals surface area contributed by atoms with E-state index in [0.29, 0.717) is 10.7 Å². The molecule has 0 radical (unpaired) electrons. The quantitative estimate of drug-likeness (QED) is 0.758. The van der Waals surface area contributed by atoms with Gasteiger partial charge >= 0.3 is 0 Å². The summed E-state index contributed by atoms with van der Waals surface area (Å²) >= 11 is 5.85. The van der Waals surface area contributed by atoms with Gasteiger partial charge in [-0.05, 0) is 29.8 Å². The normalized spacial score (nSPS) is 12.0. The Bertz CT molecular complexity index is 682. The highest BCUT2D eigenvalue weighted by Crippen LogP contribution is 2.28. The van der Waals surface area contributed by atoms with Crippen LogP contribution in [0.4, 0.5) is 5.69 Å². The van der Waals surface area contributed by atoms with Crippen molar-refractivity contribution < 1.29 is 0 Å². The highest BCUT2D eigenvalue weighted by atomic mass is 35.5. The number of nitriles is 2. The maximum atomic E-state index is 9.11. The van der Waals surface area contributed by atoms with Crippen LogP contribution >= 0.6 is 11.6 Å². The standard InChI is InChI=1S/C16H11ClN4/c17-14-8-6-12(7-9-14)16(13(10-18)11-19)21-20-15-4-2-1-3-5-15/h1-9,13,16H. The van der Waals surface area contributed by atoms with E-state index in [1.165, 1.54) is 0 Å². The zero-order valence-electron chi connectivity index (χ0n) is 11.0. The van der Waals surface area contributed by atoms with Crippen molar-refractivity contribution in [2.75, 3.05) is 0 Å². The van der Waals surface area contributed by atoms with E-state index in [4.69, 9.17) is 22.1 Å². The van der Waals surface area contributed by atoms with Gasteiger partial charge in [-0.15, -0.1) is 0 Å². The highest BCUT2D eigenvalue weighted by molar-refractivity contribution is 6.30. The lowest BCUT2D eigenvalue weighted by molar-refractivity contribution is 0.612. The predicted octanol–water partition coefficient (Wildman–Crippen LogP) is 4.83. The van der Waals surface area contributed by atoms with Gasteiger partial charge in [0, 0.05) is 5.02 Å². The minimum atomic E-state index is -0.904. The number of hydrogen-bond acceptors (Lipinski definition) is 4. The van der Waals surface area contributed by atoms with Crippen molar-refractivity contribution in [2.24, 2.45) is 16.1 Å². The minimum Gasteiger partial charge on any atom is -0.197 e. The van der Waals surface area contributed by atoms with Gasteiger partial charge in [0.1, 0.15) is 6.04 Å². The van der Waals surface area contributed by atoms with Gasteiger partial charge in [0.15, 0.2) is 5.92 Å². The smallest absolute Gasteiger partial charge is 0.161 e. The fourth-order valence-electron chi connectivity index (χ4n) is 1.78. The van der Waals surface area contributed by atoms with Crippen LogP contribution in [0, 0.1) is 28.6 Å². The number of halogens is 1. The second-order valence-electron chi connectivity index (χ2n) is 4.28. The Kier molecular flexibility index (Phi) is 5.04. The molecule has 102 valence electrons. The lowest BCUT2D eigenvalue weighted by atomic mass is 9.96. The summed E-state index contributed by atoms with van der Waals surface area (Å²) in [7, 11) is 0. The maximum Gasteiger partial charge on any atom is 0.161 e. The van der Waals surface area contributed by atoms with Crippen molar-refractivity contribution in [3.05, 3.63) is 65.2 Å². The Balaban J connectivity index is 2.33. The molecule has 0 aromatic heterocycles. The van der Waals surface area contributed by atoms with Crippen LogP contribution in [-0.2, 0) is 0 Å². The van der Waals surface area contributed by atoms with E-state index in [2.05, 4.69) is 10.2 Å². The molecule has 4 nitrogen and oxygen atoms in total. The lowest BCUT2D eigenvalue weighted by Crippen LogP contribution is -2.06. The molecule has 0 aliphatic heterocycles.